The van der Waals surface area contributed by atoms with Crippen molar-refractivity contribution in [3.8, 4) is 28.1 Å². The predicted molar refractivity (Wildman–Crippen MR) is 136 cm³/mol. The SMILES string of the molecule is COc1cc(F)cc(-c2nccc3[nH]c(C4=N[C@@H](C)c5ccc(-c6cncc(N)c6)cc54)cc23)c1. The summed E-state index contributed by atoms with van der Waals surface area (Å²) in [5, 5.41) is 0.884. The van der Waals surface area contributed by atoms with E-state index in [9.17, 15) is 4.39 Å². The molecule has 7 heteroatoms. The zero-order valence-corrected chi connectivity index (χ0v) is 19.2. The molecule has 1 aliphatic rings. The molecule has 0 radical (unpaired) electrons. The number of pyridine rings is 2. The van der Waals surface area contributed by atoms with Crippen molar-refractivity contribution < 1.29 is 9.13 Å². The second kappa shape index (κ2) is 8.06. The molecule has 0 aliphatic carbocycles. The van der Waals surface area contributed by atoms with Gasteiger partial charge in [0.15, 0.2) is 0 Å². The van der Waals surface area contributed by atoms with Crippen LogP contribution in [0.25, 0.3) is 33.3 Å². The van der Waals surface area contributed by atoms with E-state index in [1.54, 1.807) is 24.7 Å². The molecule has 0 amide bonds. The molecule has 0 saturated carbocycles. The van der Waals surface area contributed by atoms with Crippen molar-refractivity contribution in [1.82, 2.24) is 15.0 Å². The number of ether oxygens (including phenoxy) is 1. The van der Waals surface area contributed by atoms with E-state index in [0.29, 0.717) is 22.7 Å². The maximum atomic E-state index is 14.2. The highest BCUT2D eigenvalue weighted by Crippen LogP contribution is 2.37. The first kappa shape index (κ1) is 21.0. The minimum absolute atomic E-state index is 0.0319. The van der Waals surface area contributed by atoms with Gasteiger partial charge in [0, 0.05) is 52.3 Å². The average Bonchev–Trinajstić information content (AvgIpc) is 3.44. The van der Waals surface area contributed by atoms with Crippen molar-refractivity contribution in [3.63, 3.8) is 0 Å². The molecule has 0 bridgehead atoms. The molecule has 0 spiro atoms. The zero-order valence-electron chi connectivity index (χ0n) is 19.2. The molecule has 1 aliphatic heterocycles. The largest absolute Gasteiger partial charge is 0.497 e. The number of nitrogens with two attached hydrogens (primary N) is 1. The zero-order chi connectivity index (χ0) is 24.1. The maximum Gasteiger partial charge on any atom is 0.127 e. The third-order valence-electron chi connectivity index (χ3n) is 6.36. The number of nitrogen functional groups attached to an aromatic ring is 1. The second-order valence-electron chi connectivity index (χ2n) is 8.65. The molecular formula is C28H22FN5O. The normalized spacial score (nSPS) is 14.7. The number of rotatable bonds is 4. The summed E-state index contributed by atoms with van der Waals surface area (Å²) in [5.74, 6) is 0.0708. The van der Waals surface area contributed by atoms with E-state index in [1.807, 2.05) is 18.2 Å². The van der Waals surface area contributed by atoms with Crippen molar-refractivity contribution in [2.24, 2.45) is 4.99 Å². The number of hydrogen-bond donors (Lipinski definition) is 2. The minimum atomic E-state index is -0.375. The number of nitrogens with zero attached hydrogens (tertiary/aromatic N) is 3. The summed E-state index contributed by atoms with van der Waals surface area (Å²) in [6, 6.07) is 16.8. The molecule has 6 nitrogen and oxygen atoms in total. The van der Waals surface area contributed by atoms with Gasteiger partial charge in [-0.25, -0.2) is 4.39 Å². The lowest BCUT2D eigenvalue weighted by molar-refractivity contribution is 0.411. The number of aromatic amines is 1. The van der Waals surface area contributed by atoms with Crippen molar-refractivity contribution in [3.05, 3.63) is 95.8 Å². The van der Waals surface area contributed by atoms with Crippen LogP contribution in [-0.4, -0.2) is 27.8 Å². The van der Waals surface area contributed by atoms with Crippen LogP contribution in [0.5, 0.6) is 5.75 Å². The first-order valence-electron chi connectivity index (χ1n) is 11.3. The summed E-state index contributed by atoms with van der Waals surface area (Å²) in [6.07, 6.45) is 5.16. The van der Waals surface area contributed by atoms with Crippen molar-refractivity contribution in [2.75, 3.05) is 12.8 Å². The van der Waals surface area contributed by atoms with E-state index in [2.05, 4.69) is 40.1 Å². The van der Waals surface area contributed by atoms with Crippen LogP contribution < -0.4 is 10.5 Å². The molecule has 3 N–H and O–H groups in total. The van der Waals surface area contributed by atoms with Crippen molar-refractivity contribution in [2.45, 2.75) is 13.0 Å². The number of H-pyrrole nitrogens is 1. The fourth-order valence-electron chi connectivity index (χ4n) is 4.70. The number of anilines is 1. The minimum Gasteiger partial charge on any atom is -0.497 e. The smallest absolute Gasteiger partial charge is 0.127 e. The third kappa shape index (κ3) is 3.61. The van der Waals surface area contributed by atoms with E-state index in [0.717, 1.165) is 44.6 Å². The lowest BCUT2D eigenvalue weighted by Gasteiger charge is -2.08. The standard InChI is InChI=1S/C28H22FN5O/c1-15-22-4-3-16(18-8-20(30)14-31-13-18)10-23(22)28(33-15)26-12-24-25(34-26)5-6-32-27(24)17-7-19(29)11-21(9-17)35-2/h3-15,34H,30H2,1-2H3/t15-/m0/s1. The summed E-state index contributed by atoms with van der Waals surface area (Å²) in [6.45, 7) is 2.09. The summed E-state index contributed by atoms with van der Waals surface area (Å²) in [5.41, 5.74) is 14.8. The van der Waals surface area contributed by atoms with Gasteiger partial charge in [0.05, 0.1) is 35.9 Å². The Morgan fingerprint density at radius 1 is 0.971 bits per heavy atom. The monoisotopic (exact) mass is 463 g/mol. The third-order valence-corrected chi connectivity index (χ3v) is 6.36. The molecule has 0 unspecified atom stereocenters. The number of fused-ring (bicyclic) bond motifs is 2. The van der Waals surface area contributed by atoms with Crippen LogP contribution in [0.3, 0.4) is 0 Å². The Morgan fingerprint density at radius 2 is 1.86 bits per heavy atom. The molecule has 0 saturated heterocycles. The molecule has 35 heavy (non-hydrogen) atoms. The van der Waals surface area contributed by atoms with Crippen LogP contribution in [0, 0.1) is 5.82 Å². The van der Waals surface area contributed by atoms with Crippen LogP contribution in [0.4, 0.5) is 10.1 Å². The molecule has 1 atom stereocenters. The first-order valence-corrected chi connectivity index (χ1v) is 11.3. The summed E-state index contributed by atoms with van der Waals surface area (Å²) >= 11 is 0. The van der Waals surface area contributed by atoms with Gasteiger partial charge in [0.1, 0.15) is 11.6 Å². The topological polar surface area (TPSA) is 89.2 Å². The number of nitrogens with one attached hydrogen (secondary N) is 1. The Bertz CT molecular complexity index is 1640. The van der Waals surface area contributed by atoms with E-state index < -0.39 is 0 Å². The Labute approximate surface area is 201 Å². The number of hydrogen-bond acceptors (Lipinski definition) is 5. The van der Waals surface area contributed by atoms with Gasteiger partial charge in [0.25, 0.3) is 0 Å². The van der Waals surface area contributed by atoms with E-state index in [1.165, 1.54) is 19.2 Å². The van der Waals surface area contributed by atoms with Gasteiger partial charge in [-0.05, 0) is 54.4 Å². The molecule has 5 aromatic rings. The first-order chi connectivity index (χ1) is 17.0. The van der Waals surface area contributed by atoms with Crippen LogP contribution in [0.15, 0.2) is 78.2 Å². The lowest BCUT2D eigenvalue weighted by atomic mass is 9.95. The van der Waals surface area contributed by atoms with Gasteiger partial charge in [-0.15, -0.1) is 0 Å². The fourth-order valence-corrected chi connectivity index (χ4v) is 4.70. The van der Waals surface area contributed by atoms with Gasteiger partial charge >= 0.3 is 0 Å². The van der Waals surface area contributed by atoms with E-state index >= 15 is 0 Å². The van der Waals surface area contributed by atoms with Crippen molar-refractivity contribution in [1.29, 1.82) is 0 Å². The number of halogens is 1. The van der Waals surface area contributed by atoms with E-state index in [4.69, 9.17) is 15.5 Å². The van der Waals surface area contributed by atoms with Gasteiger partial charge in [0.2, 0.25) is 0 Å². The predicted octanol–water partition coefficient (Wildman–Crippen LogP) is 5.93. The van der Waals surface area contributed by atoms with Gasteiger partial charge in [-0.2, -0.15) is 0 Å². The number of aromatic nitrogens is 3. The summed E-state index contributed by atoms with van der Waals surface area (Å²) in [7, 11) is 1.52. The highest BCUT2D eigenvalue weighted by atomic mass is 19.1. The van der Waals surface area contributed by atoms with Crippen LogP contribution >= 0.6 is 0 Å². The Balaban J connectivity index is 1.47. The molecule has 6 rings (SSSR count). The fraction of sp³-hybridized carbons (Fsp3) is 0.107. The molecule has 4 heterocycles. The molecule has 172 valence electrons. The summed E-state index contributed by atoms with van der Waals surface area (Å²) < 4.78 is 19.5. The Hall–Kier alpha value is -4.52. The highest BCUT2D eigenvalue weighted by Gasteiger charge is 2.25. The van der Waals surface area contributed by atoms with E-state index in [-0.39, 0.29) is 11.9 Å². The highest BCUT2D eigenvalue weighted by molar-refractivity contribution is 6.17. The molecule has 3 aromatic heterocycles. The lowest BCUT2D eigenvalue weighted by Crippen LogP contribution is -2.01. The second-order valence-corrected chi connectivity index (χ2v) is 8.65. The van der Waals surface area contributed by atoms with Crippen LogP contribution in [0.1, 0.15) is 29.8 Å². The number of methoxy groups -OCH3 is 1. The Kier molecular flexibility index (Phi) is 4.84. The maximum absolute atomic E-state index is 14.2. The Morgan fingerprint density at radius 3 is 2.69 bits per heavy atom. The van der Waals surface area contributed by atoms with Gasteiger partial charge < -0.3 is 15.5 Å². The molecule has 2 aromatic carbocycles. The average molecular weight is 464 g/mol. The quantitative estimate of drug-likeness (QED) is 0.346. The summed E-state index contributed by atoms with van der Waals surface area (Å²) in [4.78, 5) is 17.2. The molecular weight excluding hydrogens is 441 g/mol. The number of benzene rings is 2. The number of aliphatic imine (C=N–C) groups is 1. The van der Waals surface area contributed by atoms with Crippen molar-refractivity contribution >= 4 is 22.3 Å². The van der Waals surface area contributed by atoms with Gasteiger partial charge in [-0.1, -0.05) is 12.1 Å². The molecule has 0 fully saturated rings. The van der Waals surface area contributed by atoms with Gasteiger partial charge in [-0.3, -0.25) is 15.0 Å². The van der Waals surface area contributed by atoms with Crippen LogP contribution in [0.2, 0.25) is 0 Å². The van der Waals surface area contributed by atoms with Crippen LogP contribution in [-0.2, 0) is 0 Å².